The number of amides is 1. The van der Waals surface area contributed by atoms with Gasteiger partial charge in [-0.2, -0.15) is 5.10 Å². The molecule has 0 fully saturated rings. The van der Waals surface area contributed by atoms with E-state index in [1.807, 2.05) is 54.6 Å². The number of hydrazone groups is 1. The Morgan fingerprint density at radius 3 is 2.42 bits per heavy atom. The number of nitrogens with two attached hydrogens (primary N) is 1. The molecule has 0 aromatic heterocycles. The maximum Gasteiger partial charge on any atom is 0.271 e. The van der Waals surface area contributed by atoms with Crippen LogP contribution in [0.4, 0.5) is 5.69 Å². The number of benzene rings is 3. The topological polar surface area (TPSA) is 76.7 Å². The van der Waals surface area contributed by atoms with Gasteiger partial charge in [0.2, 0.25) is 0 Å². The number of ether oxygens (including phenoxy) is 1. The summed E-state index contributed by atoms with van der Waals surface area (Å²) in [6.07, 6.45) is 1.57. The molecule has 0 atom stereocenters. The zero-order valence-electron chi connectivity index (χ0n) is 14.1. The van der Waals surface area contributed by atoms with Gasteiger partial charge in [-0.1, -0.05) is 42.5 Å². The van der Waals surface area contributed by atoms with Crippen LogP contribution >= 0.6 is 0 Å². The molecule has 0 radical (unpaired) electrons. The summed E-state index contributed by atoms with van der Waals surface area (Å²) in [6.45, 7) is 0.462. The first kappa shape index (κ1) is 17.2. The van der Waals surface area contributed by atoms with Crippen LogP contribution in [0.15, 0.2) is 84.0 Å². The van der Waals surface area contributed by atoms with Gasteiger partial charge in [-0.25, -0.2) is 5.43 Å². The summed E-state index contributed by atoms with van der Waals surface area (Å²) >= 11 is 0. The Kier molecular flexibility index (Phi) is 5.62. The van der Waals surface area contributed by atoms with E-state index in [4.69, 9.17) is 10.5 Å². The lowest BCUT2D eigenvalue weighted by Gasteiger charge is -2.09. The predicted molar refractivity (Wildman–Crippen MR) is 103 cm³/mol. The quantitative estimate of drug-likeness (QED) is 0.407. The molecule has 5 heteroatoms. The van der Waals surface area contributed by atoms with Crippen molar-refractivity contribution in [2.24, 2.45) is 5.10 Å². The molecule has 130 valence electrons. The molecule has 3 N–H and O–H groups in total. The summed E-state index contributed by atoms with van der Waals surface area (Å²) in [5.74, 6) is 0.394. The van der Waals surface area contributed by atoms with E-state index in [1.165, 1.54) is 0 Å². The van der Waals surface area contributed by atoms with E-state index < -0.39 is 0 Å². The summed E-state index contributed by atoms with van der Waals surface area (Å²) in [4.78, 5) is 12.0. The number of hydrogen-bond acceptors (Lipinski definition) is 4. The molecule has 0 aliphatic rings. The maximum atomic E-state index is 12.0. The highest BCUT2D eigenvalue weighted by Crippen LogP contribution is 2.17. The monoisotopic (exact) mass is 345 g/mol. The van der Waals surface area contributed by atoms with Crippen molar-refractivity contribution in [3.8, 4) is 5.75 Å². The van der Waals surface area contributed by atoms with Gasteiger partial charge in [0.15, 0.2) is 0 Å². The molecule has 1 amide bonds. The number of carbonyl (C=O) groups excluding carboxylic acids is 1. The number of rotatable bonds is 6. The van der Waals surface area contributed by atoms with Crippen molar-refractivity contribution in [1.29, 1.82) is 0 Å². The Morgan fingerprint density at radius 1 is 0.962 bits per heavy atom. The highest BCUT2D eigenvalue weighted by molar-refractivity contribution is 5.95. The van der Waals surface area contributed by atoms with Crippen LogP contribution in [-0.2, 0) is 6.61 Å². The number of carbonyl (C=O) groups is 1. The third-order valence-corrected chi connectivity index (χ3v) is 3.70. The molecular formula is C21H19N3O2. The summed E-state index contributed by atoms with van der Waals surface area (Å²) in [6, 6.07) is 24.1. The summed E-state index contributed by atoms with van der Waals surface area (Å²) in [7, 11) is 0. The zero-order chi connectivity index (χ0) is 18.2. The van der Waals surface area contributed by atoms with Crippen molar-refractivity contribution in [1.82, 2.24) is 5.43 Å². The van der Waals surface area contributed by atoms with Crippen molar-refractivity contribution in [2.75, 3.05) is 5.73 Å². The van der Waals surface area contributed by atoms with E-state index in [1.54, 1.807) is 30.5 Å². The number of para-hydroxylation sites is 1. The molecule has 5 nitrogen and oxygen atoms in total. The minimum absolute atomic E-state index is 0.302. The highest BCUT2D eigenvalue weighted by atomic mass is 16.5. The van der Waals surface area contributed by atoms with Gasteiger partial charge in [0.05, 0.1) is 6.21 Å². The van der Waals surface area contributed by atoms with Crippen LogP contribution in [0, 0.1) is 0 Å². The molecule has 0 spiro atoms. The normalized spacial score (nSPS) is 10.6. The molecule has 26 heavy (non-hydrogen) atoms. The smallest absolute Gasteiger partial charge is 0.271 e. The Morgan fingerprint density at radius 2 is 1.65 bits per heavy atom. The van der Waals surface area contributed by atoms with Gasteiger partial charge >= 0.3 is 0 Å². The Hall–Kier alpha value is -3.60. The van der Waals surface area contributed by atoms with Gasteiger partial charge in [0.25, 0.3) is 5.91 Å². The molecule has 0 bridgehead atoms. The second-order valence-corrected chi connectivity index (χ2v) is 5.63. The van der Waals surface area contributed by atoms with Gasteiger partial charge in [-0.05, 0) is 42.0 Å². The summed E-state index contributed by atoms with van der Waals surface area (Å²) in [5.41, 5.74) is 11.1. The fourth-order valence-electron chi connectivity index (χ4n) is 2.31. The maximum absolute atomic E-state index is 12.0. The van der Waals surface area contributed by atoms with Crippen molar-refractivity contribution < 1.29 is 9.53 Å². The van der Waals surface area contributed by atoms with Gasteiger partial charge < -0.3 is 10.5 Å². The fraction of sp³-hybridized carbons (Fsp3) is 0.0476. The first-order valence-corrected chi connectivity index (χ1v) is 8.17. The average Bonchev–Trinajstić information content (AvgIpc) is 2.68. The minimum atomic E-state index is -0.302. The van der Waals surface area contributed by atoms with E-state index in [-0.39, 0.29) is 5.91 Å². The van der Waals surface area contributed by atoms with Crippen molar-refractivity contribution in [2.45, 2.75) is 6.61 Å². The standard InChI is InChI=1S/C21H19N3O2/c22-19-12-10-17(11-13-19)21(25)24-23-14-18-8-4-5-9-20(18)26-15-16-6-2-1-3-7-16/h1-14H,15,22H2,(H,24,25)/b23-14-. The van der Waals surface area contributed by atoms with Gasteiger partial charge in [0.1, 0.15) is 12.4 Å². The number of nitrogen functional groups attached to an aromatic ring is 1. The largest absolute Gasteiger partial charge is 0.488 e. The van der Waals surface area contributed by atoms with Crippen molar-refractivity contribution in [3.05, 3.63) is 95.6 Å². The molecule has 3 rings (SSSR count). The van der Waals surface area contributed by atoms with Crippen LogP contribution in [0.1, 0.15) is 21.5 Å². The highest BCUT2D eigenvalue weighted by Gasteiger charge is 2.04. The van der Waals surface area contributed by atoms with Gasteiger partial charge in [0, 0.05) is 16.8 Å². The molecule has 3 aromatic rings. The third kappa shape index (κ3) is 4.70. The lowest BCUT2D eigenvalue weighted by atomic mass is 10.2. The third-order valence-electron chi connectivity index (χ3n) is 3.70. The molecule has 0 heterocycles. The van der Waals surface area contributed by atoms with Crippen LogP contribution in [-0.4, -0.2) is 12.1 Å². The number of nitrogens with zero attached hydrogens (tertiary/aromatic N) is 1. The molecule has 0 aliphatic heterocycles. The van der Waals surface area contributed by atoms with Crippen LogP contribution in [0.2, 0.25) is 0 Å². The van der Waals surface area contributed by atoms with E-state index in [9.17, 15) is 4.79 Å². The SMILES string of the molecule is Nc1ccc(C(=O)N/N=C\c2ccccc2OCc2ccccc2)cc1. The fourth-order valence-corrected chi connectivity index (χ4v) is 2.31. The van der Waals surface area contributed by atoms with E-state index in [0.29, 0.717) is 23.6 Å². The van der Waals surface area contributed by atoms with Crippen molar-refractivity contribution in [3.63, 3.8) is 0 Å². The van der Waals surface area contributed by atoms with E-state index in [2.05, 4.69) is 10.5 Å². The van der Waals surface area contributed by atoms with Crippen molar-refractivity contribution >= 4 is 17.8 Å². The Bertz CT molecular complexity index is 891. The summed E-state index contributed by atoms with van der Waals surface area (Å²) in [5, 5.41) is 4.02. The van der Waals surface area contributed by atoms with Crippen LogP contribution in [0.25, 0.3) is 0 Å². The summed E-state index contributed by atoms with van der Waals surface area (Å²) < 4.78 is 5.86. The van der Waals surface area contributed by atoms with Gasteiger partial charge in [-0.3, -0.25) is 4.79 Å². The number of hydrogen-bond donors (Lipinski definition) is 2. The van der Waals surface area contributed by atoms with Crippen LogP contribution in [0.5, 0.6) is 5.75 Å². The first-order chi connectivity index (χ1) is 12.7. The molecule has 0 saturated carbocycles. The molecule has 0 aliphatic carbocycles. The number of nitrogens with one attached hydrogen (secondary N) is 1. The predicted octanol–water partition coefficient (Wildman–Crippen LogP) is 3.61. The minimum Gasteiger partial charge on any atom is -0.488 e. The van der Waals surface area contributed by atoms with E-state index >= 15 is 0 Å². The zero-order valence-corrected chi connectivity index (χ0v) is 14.1. The lowest BCUT2D eigenvalue weighted by Crippen LogP contribution is -2.17. The first-order valence-electron chi connectivity index (χ1n) is 8.17. The second-order valence-electron chi connectivity index (χ2n) is 5.63. The molecule has 0 unspecified atom stereocenters. The Balaban J connectivity index is 1.63. The van der Waals surface area contributed by atoms with Gasteiger partial charge in [-0.15, -0.1) is 0 Å². The number of anilines is 1. The lowest BCUT2D eigenvalue weighted by molar-refractivity contribution is 0.0955. The van der Waals surface area contributed by atoms with Crippen LogP contribution < -0.4 is 15.9 Å². The van der Waals surface area contributed by atoms with Crippen LogP contribution in [0.3, 0.4) is 0 Å². The average molecular weight is 345 g/mol. The van der Waals surface area contributed by atoms with E-state index in [0.717, 1.165) is 11.1 Å². The molecule has 3 aromatic carbocycles. The molecular weight excluding hydrogens is 326 g/mol. The Labute approximate surface area is 152 Å². The second kappa shape index (κ2) is 8.48. The molecule has 0 saturated heterocycles.